The molecule has 0 aliphatic rings. The van der Waals surface area contributed by atoms with Gasteiger partial charge in [0.1, 0.15) is 0 Å². The van der Waals surface area contributed by atoms with Gasteiger partial charge in [0.25, 0.3) is 0 Å². The Labute approximate surface area is 119 Å². The molecular formula is C15H22N2O3. The molecule has 0 aliphatic heterocycles. The van der Waals surface area contributed by atoms with Crippen molar-refractivity contribution in [3.63, 3.8) is 0 Å². The summed E-state index contributed by atoms with van der Waals surface area (Å²) in [5.74, 6) is -1.51. The average Bonchev–Trinajstić information content (AvgIpc) is 2.33. The summed E-state index contributed by atoms with van der Waals surface area (Å²) in [5, 5.41) is 14.3. The Morgan fingerprint density at radius 1 is 1.20 bits per heavy atom. The Hall–Kier alpha value is -2.04. The van der Waals surface area contributed by atoms with Crippen LogP contribution in [0.5, 0.6) is 0 Å². The molecule has 110 valence electrons. The van der Waals surface area contributed by atoms with Crippen molar-refractivity contribution in [3.8, 4) is 0 Å². The number of amides is 2. The Balaban J connectivity index is 2.55. The molecule has 0 heterocycles. The molecule has 5 heteroatoms. The Morgan fingerprint density at radius 2 is 1.85 bits per heavy atom. The number of carbonyl (C=O) groups is 2. The van der Waals surface area contributed by atoms with Gasteiger partial charge in [0, 0.05) is 12.2 Å². The van der Waals surface area contributed by atoms with Gasteiger partial charge >= 0.3 is 12.0 Å². The number of aliphatic carboxylic acids is 1. The van der Waals surface area contributed by atoms with Crippen molar-refractivity contribution in [2.45, 2.75) is 27.7 Å². The van der Waals surface area contributed by atoms with Crippen LogP contribution in [-0.2, 0) is 4.79 Å². The average molecular weight is 278 g/mol. The fourth-order valence-electron chi connectivity index (χ4n) is 1.81. The third-order valence-corrected chi connectivity index (χ3v) is 3.37. The molecule has 0 saturated carbocycles. The summed E-state index contributed by atoms with van der Waals surface area (Å²) in [7, 11) is 0. The van der Waals surface area contributed by atoms with E-state index in [1.807, 2.05) is 45.9 Å². The normalized spacial score (nSPS) is 12.1. The van der Waals surface area contributed by atoms with E-state index in [0.717, 1.165) is 11.1 Å². The number of hydrogen-bond donors (Lipinski definition) is 3. The first kappa shape index (κ1) is 16.0. The topological polar surface area (TPSA) is 78.4 Å². The maximum Gasteiger partial charge on any atom is 0.319 e. The molecule has 1 aromatic carbocycles. The number of carbonyl (C=O) groups excluding carboxylic acids is 1. The summed E-state index contributed by atoms with van der Waals surface area (Å²) >= 11 is 0. The second-order valence-electron chi connectivity index (χ2n) is 5.32. The minimum atomic E-state index is -0.897. The van der Waals surface area contributed by atoms with Gasteiger partial charge in [-0.3, -0.25) is 4.79 Å². The molecule has 0 saturated heterocycles. The second kappa shape index (κ2) is 6.93. The SMILES string of the molecule is Cc1ccc(NC(=O)NCC(C(=O)O)C(C)C)cc1C. The van der Waals surface area contributed by atoms with Crippen molar-refractivity contribution in [3.05, 3.63) is 29.3 Å². The largest absolute Gasteiger partial charge is 0.481 e. The number of nitrogens with one attached hydrogen (secondary N) is 2. The quantitative estimate of drug-likeness (QED) is 0.775. The first-order chi connectivity index (χ1) is 9.31. The fraction of sp³-hybridized carbons (Fsp3) is 0.467. The van der Waals surface area contributed by atoms with Crippen molar-refractivity contribution >= 4 is 17.7 Å². The van der Waals surface area contributed by atoms with E-state index in [1.165, 1.54) is 0 Å². The van der Waals surface area contributed by atoms with E-state index in [-0.39, 0.29) is 18.5 Å². The van der Waals surface area contributed by atoms with Crippen LogP contribution in [0.2, 0.25) is 0 Å². The summed E-state index contributed by atoms with van der Waals surface area (Å²) in [5.41, 5.74) is 2.94. The molecule has 3 N–H and O–H groups in total. The van der Waals surface area contributed by atoms with Crippen LogP contribution in [-0.4, -0.2) is 23.7 Å². The van der Waals surface area contributed by atoms with Crippen molar-refractivity contribution in [1.82, 2.24) is 5.32 Å². The van der Waals surface area contributed by atoms with Gasteiger partial charge in [-0.15, -0.1) is 0 Å². The van der Waals surface area contributed by atoms with E-state index in [0.29, 0.717) is 5.69 Å². The smallest absolute Gasteiger partial charge is 0.319 e. The molecule has 0 fully saturated rings. The van der Waals surface area contributed by atoms with Gasteiger partial charge in [-0.25, -0.2) is 4.79 Å². The van der Waals surface area contributed by atoms with E-state index < -0.39 is 11.9 Å². The molecule has 1 unspecified atom stereocenters. The number of benzene rings is 1. The molecule has 20 heavy (non-hydrogen) atoms. The van der Waals surface area contributed by atoms with Gasteiger partial charge < -0.3 is 15.7 Å². The Kier molecular flexibility index (Phi) is 5.55. The molecular weight excluding hydrogens is 256 g/mol. The van der Waals surface area contributed by atoms with Crippen LogP contribution in [0.4, 0.5) is 10.5 Å². The lowest BCUT2D eigenvalue weighted by molar-refractivity contribution is -0.142. The molecule has 5 nitrogen and oxygen atoms in total. The molecule has 0 radical (unpaired) electrons. The lowest BCUT2D eigenvalue weighted by Crippen LogP contribution is -2.37. The van der Waals surface area contributed by atoms with Crippen LogP contribution in [0.3, 0.4) is 0 Å². The van der Waals surface area contributed by atoms with Crippen LogP contribution in [0.25, 0.3) is 0 Å². The lowest BCUT2D eigenvalue weighted by atomic mass is 9.96. The first-order valence-electron chi connectivity index (χ1n) is 6.66. The van der Waals surface area contributed by atoms with E-state index in [9.17, 15) is 9.59 Å². The molecule has 1 rings (SSSR count). The van der Waals surface area contributed by atoms with Gasteiger partial charge in [-0.05, 0) is 43.0 Å². The lowest BCUT2D eigenvalue weighted by Gasteiger charge is -2.17. The Morgan fingerprint density at radius 3 is 2.35 bits per heavy atom. The predicted octanol–water partition coefficient (Wildman–Crippen LogP) is 2.78. The van der Waals surface area contributed by atoms with Crippen molar-refractivity contribution in [1.29, 1.82) is 0 Å². The van der Waals surface area contributed by atoms with Crippen LogP contribution in [0.15, 0.2) is 18.2 Å². The second-order valence-corrected chi connectivity index (χ2v) is 5.32. The van der Waals surface area contributed by atoms with Crippen molar-refractivity contribution < 1.29 is 14.7 Å². The summed E-state index contributed by atoms with van der Waals surface area (Å²) < 4.78 is 0. The summed E-state index contributed by atoms with van der Waals surface area (Å²) in [6, 6.07) is 5.24. The van der Waals surface area contributed by atoms with Crippen molar-refractivity contribution in [2.24, 2.45) is 11.8 Å². The molecule has 0 aliphatic carbocycles. The summed E-state index contributed by atoms with van der Waals surface area (Å²) in [6.45, 7) is 7.73. The first-order valence-corrected chi connectivity index (χ1v) is 6.66. The fourth-order valence-corrected chi connectivity index (χ4v) is 1.81. The number of hydrogen-bond acceptors (Lipinski definition) is 2. The highest BCUT2D eigenvalue weighted by atomic mass is 16.4. The highest BCUT2D eigenvalue weighted by Crippen LogP contribution is 2.14. The van der Waals surface area contributed by atoms with E-state index in [1.54, 1.807) is 0 Å². The molecule has 1 aromatic rings. The van der Waals surface area contributed by atoms with Crippen LogP contribution in [0, 0.1) is 25.7 Å². The monoisotopic (exact) mass is 278 g/mol. The van der Waals surface area contributed by atoms with Gasteiger partial charge in [-0.2, -0.15) is 0 Å². The number of rotatable bonds is 5. The third kappa shape index (κ3) is 4.57. The molecule has 2 amide bonds. The Bertz CT molecular complexity index is 498. The van der Waals surface area contributed by atoms with Gasteiger partial charge in [-0.1, -0.05) is 19.9 Å². The number of carboxylic acid groups (broad SMARTS) is 1. The molecule has 0 spiro atoms. The maximum absolute atomic E-state index is 11.7. The minimum absolute atomic E-state index is 0.0329. The van der Waals surface area contributed by atoms with E-state index in [4.69, 9.17) is 5.11 Å². The zero-order valence-corrected chi connectivity index (χ0v) is 12.4. The van der Waals surface area contributed by atoms with Crippen LogP contribution in [0.1, 0.15) is 25.0 Å². The zero-order valence-electron chi connectivity index (χ0n) is 12.4. The molecule has 0 aromatic heterocycles. The van der Waals surface area contributed by atoms with Gasteiger partial charge in [0.2, 0.25) is 0 Å². The van der Waals surface area contributed by atoms with Gasteiger partial charge in [0.15, 0.2) is 0 Å². The number of anilines is 1. The van der Waals surface area contributed by atoms with Crippen molar-refractivity contribution in [2.75, 3.05) is 11.9 Å². The van der Waals surface area contributed by atoms with E-state index in [2.05, 4.69) is 10.6 Å². The number of carboxylic acids is 1. The third-order valence-electron chi connectivity index (χ3n) is 3.37. The number of urea groups is 1. The van der Waals surface area contributed by atoms with Gasteiger partial charge in [0.05, 0.1) is 5.92 Å². The maximum atomic E-state index is 11.7. The highest BCUT2D eigenvalue weighted by Gasteiger charge is 2.21. The zero-order chi connectivity index (χ0) is 15.3. The summed E-state index contributed by atoms with van der Waals surface area (Å²) in [6.07, 6.45) is 0. The highest BCUT2D eigenvalue weighted by molar-refractivity contribution is 5.89. The molecule has 0 bridgehead atoms. The van der Waals surface area contributed by atoms with E-state index >= 15 is 0 Å². The minimum Gasteiger partial charge on any atom is -0.481 e. The predicted molar refractivity (Wildman–Crippen MR) is 78.9 cm³/mol. The van der Waals surface area contributed by atoms with Crippen LogP contribution < -0.4 is 10.6 Å². The van der Waals surface area contributed by atoms with Crippen LogP contribution >= 0.6 is 0 Å². The summed E-state index contributed by atoms with van der Waals surface area (Å²) in [4.78, 5) is 22.8. The standard InChI is InChI=1S/C15H22N2O3/c1-9(2)13(14(18)19)8-16-15(20)17-12-6-5-10(3)11(4)7-12/h5-7,9,13H,8H2,1-4H3,(H,18,19)(H2,16,17,20). The number of aryl methyl sites for hydroxylation is 2. The molecule has 1 atom stereocenters.